The van der Waals surface area contributed by atoms with Gasteiger partial charge in [0.25, 0.3) is 5.91 Å². The van der Waals surface area contributed by atoms with Crippen molar-refractivity contribution in [2.24, 2.45) is 0 Å². The van der Waals surface area contributed by atoms with Crippen LogP contribution in [0.15, 0.2) is 24.3 Å². The molecule has 3 heterocycles. The number of aromatic nitrogens is 2. The van der Waals surface area contributed by atoms with Crippen molar-refractivity contribution in [1.29, 1.82) is 0 Å². The number of anilines is 1. The van der Waals surface area contributed by atoms with E-state index in [9.17, 15) is 9.18 Å². The SMILES string of the molecule is Cc1nc(N2CCN(C(=O)c3cccc(F)c3)CC2)c2c(C)c(C)sc2n1. The number of carbonyl (C=O) groups is 1. The number of aryl methyl sites for hydroxylation is 3. The maximum Gasteiger partial charge on any atom is 0.254 e. The first kappa shape index (κ1) is 17.9. The quantitative estimate of drug-likeness (QED) is 0.676. The molecule has 1 amide bonds. The van der Waals surface area contributed by atoms with Gasteiger partial charge in [0.15, 0.2) is 0 Å². The van der Waals surface area contributed by atoms with Crippen molar-refractivity contribution in [1.82, 2.24) is 14.9 Å². The molecule has 0 aliphatic carbocycles. The van der Waals surface area contributed by atoms with E-state index < -0.39 is 0 Å². The molecule has 0 atom stereocenters. The molecule has 0 spiro atoms. The first-order valence-corrected chi connectivity index (χ1v) is 9.80. The van der Waals surface area contributed by atoms with Gasteiger partial charge < -0.3 is 9.80 Å². The Morgan fingerprint density at radius 3 is 2.56 bits per heavy atom. The topological polar surface area (TPSA) is 49.3 Å². The number of carbonyl (C=O) groups excluding carboxylic acids is 1. The van der Waals surface area contributed by atoms with E-state index in [1.54, 1.807) is 28.4 Å². The van der Waals surface area contributed by atoms with Crippen LogP contribution in [-0.4, -0.2) is 47.0 Å². The number of amides is 1. The average Bonchev–Trinajstić information content (AvgIpc) is 2.94. The highest BCUT2D eigenvalue weighted by molar-refractivity contribution is 7.18. The number of nitrogens with zero attached hydrogens (tertiary/aromatic N) is 4. The highest BCUT2D eigenvalue weighted by Crippen LogP contribution is 2.35. The van der Waals surface area contributed by atoms with E-state index in [0.29, 0.717) is 31.7 Å². The van der Waals surface area contributed by atoms with E-state index in [-0.39, 0.29) is 11.7 Å². The lowest BCUT2D eigenvalue weighted by molar-refractivity contribution is 0.0746. The van der Waals surface area contributed by atoms with Crippen LogP contribution in [0.25, 0.3) is 10.2 Å². The van der Waals surface area contributed by atoms with Gasteiger partial charge in [0, 0.05) is 36.6 Å². The van der Waals surface area contributed by atoms with Crippen LogP contribution in [-0.2, 0) is 0 Å². The molecule has 4 rings (SSSR count). The summed E-state index contributed by atoms with van der Waals surface area (Å²) in [6, 6.07) is 5.87. The van der Waals surface area contributed by atoms with Gasteiger partial charge in [-0.3, -0.25) is 4.79 Å². The largest absolute Gasteiger partial charge is 0.352 e. The Labute approximate surface area is 161 Å². The third-order valence-corrected chi connectivity index (χ3v) is 6.16. The van der Waals surface area contributed by atoms with Crippen molar-refractivity contribution >= 4 is 33.3 Å². The molecule has 0 saturated carbocycles. The molecular weight excluding hydrogens is 363 g/mol. The summed E-state index contributed by atoms with van der Waals surface area (Å²) < 4.78 is 13.4. The summed E-state index contributed by atoms with van der Waals surface area (Å²) in [4.78, 5) is 28.2. The normalized spacial score (nSPS) is 14.8. The van der Waals surface area contributed by atoms with Gasteiger partial charge in [-0.05, 0) is 44.5 Å². The second-order valence-electron chi connectivity index (χ2n) is 6.85. The Morgan fingerprint density at radius 1 is 1.11 bits per heavy atom. The summed E-state index contributed by atoms with van der Waals surface area (Å²) in [7, 11) is 0. The maximum absolute atomic E-state index is 13.4. The fraction of sp³-hybridized carbons (Fsp3) is 0.350. The monoisotopic (exact) mass is 384 g/mol. The van der Waals surface area contributed by atoms with Gasteiger partial charge in [0.1, 0.15) is 22.3 Å². The van der Waals surface area contributed by atoms with Crippen molar-refractivity contribution in [2.45, 2.75) is 20.8 Å². The lowest BCUT2D eigenvalue weighted by atomic mass is 10.1. The molecule has 5 nitrogen and oxygen atoms in total. The summed E-state index contributed by atoms with van der Waals surface area (Å²) in [5.74, 6) is 1.21. The molecule has 2 aromatic heterocycles. The van der Waals surface area contributed by atoms with Crippen LogP contribution in [0, 0.1) is 26.6 Å². The second kappa shape index (κ2) is 6.88. The van der Waals surface area contributed by atoms with Crippen molar-refractivity contribution < 1.29 is 9.18 Å². The van der Waals surface area contributed by atoms with Crippen LogP contribution in [0.2, 0.25) is 0 Å². The molecule has 1 aromatic carbocycles. The first-order valence-electron chi connectivity index (χ1n) is 8.98. The van der Waals surface area contributed by atoms with E-state index in [1.165, 1.54) is 22.6 Å². The van der Waals surface area contributed by atoms with E-state index in [0.717, 1.165) is 21.9 Å². The number of thiophene rings is 1. The average molecular weight is 384 g/mol. The molecule has 1 aliphatic heterocycles. The first-order chi connectivity index (χ1) is 12.9. The van der Waals surface area contributed by atoms with Gasteiger partial charge in [-0.2, -0.15) is 0 Å². The molecule has 0 bridgehead atoms. The Morgan fingerprint density at radius 2 is 1.85 bits per heavy atom. The molecule has 27 heavy (non-hydrogen) atoms. The molecule has 140 valence electrons. The zero-order valence-corrected chi connectivity index (χ0v) is 16.4. The van der Waals surface area contributed by atoms with E-state index in [1.807, 2.05) is 6.92 Å². The minimum Gasteiger partial charge on any atom is -0.352 e. The maximum atomic E-state index is 13.4. The molecule has 1 saturated heterocycles. The number of rotatable bonds is 2. The van der Waals surface area contributed by atoms with Crippen molar-refractivity contribution in [3.63, 3.8) is 0 Å². The van der Waals surface area contributed by atoms with Crippen LogP contribution in [0.4, 0.5) is 10.2 Å². The standard InChI is InChI=1S/C20H21FN4OS/c1-12-13(2)27-19-17(12)18(22-14(3)23-19)24-7-9-25(10-8-24)20(26)15-5-4-6-16(21)11-15/h4-6,11H,7-10H2,1-3H3. The molecular formula is C20H21FN4OS. The van der Waals surface area contributed by atoms with Crippen LogP contribution >= 0.6 is 11.3 Å². The van der Waals surface area contributed by atoms with Gasteiger partial charge >= 0.3 is 0 Å². The smallest absolute Gasteiger partial charge is 0.254 e. The second-order valence-corrected chi connectivity index (χ2v) is 8.05. The van der Waals surface area contributed by atoms with Gasteiger partial charge in [-0.15, -0.1) is 11.3 Å². The van der Waals surface area contributed by atoms with Gasteiger partial charge in [0.2, 0.25) is 0 Å². The third kappa shape index (κ3) is 3.27. The van der Waals surface area contributed by atoms with Gasteiger partial charge in [-0.25, -0.2) is 14.4 Å². The fourth-order valence-corrected chi connectivity index (χ4v) is 4.56. The molecule has 1 fully saturated rings. The van der Waals surface area contributed by atoms with Crippen LogP contribution < -0.4 is 4.90 Å². The minimum absolute atomic E-state index is 0.124. The number of hydrogen-bond donors (Lipinski definition) is 0. The zero-order chi connectivity index (χ0) is 19.1. The molecule has 0 radical (unpaired) electrons. The fourth-order valence-electron chi connectivity index (χ4n) is 3.49. The molecule has 7 heteroatoms. The van der Waals surface area contributed by atoms with Crippen molar-refractivity contribution in [3.8, 4) is 0 Å². The number of hydrogen-bond acceptors (Lipinski definition) is 5. The van der Waals surface area contributed by atoms with Crippen LogP contribution in [0.3, 0.4) is 0 Å². The summed E-state index contributed by atoms with van der Waals surface area (Å²) in [5.41, 5.74) is 1.62. The summed E-state index contributed by atoms with van der Waals surface area (Å²) >= 11 is 1.70. The van der Waals surface area contributed by atoms with E-state index in [4.69, 9.17) is 4.98 Å². The third-order valence-electron chi connectivity index (χ3n) is 5.06. The van der Waals surface area contributed by atoms with Crippen molar-refractivity contribution in [3.05, 3.63) is 51.9 Å². The number of halogens is 1. The summed E-state index contributed by atoms with van der Waals surface area (Å²) in [6.07, 6.45) is 0. The Hall–Kier alpha value is -2.54. The Balaban J connectivity index is 1.56. The van der Waals surface area contributed by atoms with Crippen LogP contribution in [0.5, 0.6) is 0 Å². The predicted molar refractivity (Wildman–Crippen MR) is 106 cm³/mol. The van der Waals surface area contributed by atoms with Crippen LogP contribution in [0.1, 0.15) is 26.6 Å². The van der Waals surface area contributed by atoms with Gasteiger partial charge in [-0.1, -0.05) is 6.07 Å². The summed E-state index contributed by atoms with van der Waals surface area (Å²) in [6.45, 7) is 8.69. The van der Waals surface area contributed by atoms with Gasteiger partial charge in [0.05, 0.1) is 5.39 Å². The van der Waals surface area contributed by atoms with E-state index >= 15 is 0 Å². The highest BCUT2D eigenvalue weighted by Gasteiger charge is 2.25. The predicted octanol–water partition coefficient (Wildman–Crippen LogP) is 3.72. The lowest BCUT2D eigenvalue weighted by Crippen LogP contribution is -2.49. The molecule has 0 unspecified atom stereocenters. The number of fused-ring (bicyclic) bond motifs is 1. The Bertz CT molecular complexity index is 1020. The highest BCUT2D eigenvalue weighted by atomic mass is 32.1. The molecule has 1 aliphatic rings. The number of benzene rings is 1. The molecule has 0 N–H and O–H groups in total. The van der Waals surface area contributed by atoms with E-state index in [2.05, 4.69) is 23.7 Å². The summed E-state index contributed by atoms with van der Waals surface area (Å²) in [5, 5.41) is 1.12. The Kier molecular flexibility index (Phi) is 4.55. The molecule has 3 aromatic rings. The minimum atomic E-state index is -0.387. The lowest BCUT2D eigenvalue weighted by Gasteiger charge is -2.36. The number of piperazine rings is 1. The zero-order valence-electron chi connectivity index (χ0n) is 15.6. The van der Waals surface area contributed by atoms with Crippen molar-refractivity contribution in [2.75, 3.05) is 31.1 Å².